The Bertz CT molecular complexity index is 1180. The molecule has 3 amide bonds. The van der Waals surface area contributed by atoms with E-state index in [-0.39, 0.29) is 29.6 Å². The fraction of sp³-hybridized carbons (Fsp3) is 0.348. The van der Waals surface area contributed by atoms with Crippen LogP contribution in [0.1, 0.15) is 30.3 Å². The number of hydrogen-bond acceptors (Lipinski definition) is 7. The van der Waals surface area contributed by atoms with Gasteiger partial charge in [-0.3, -0.25) is 9.78 Å². The van der Waals surface area contributed by atoms with Crippen LogP contribution in [0.5, 0.6) is 0 Å². The molecule has 0 radical (unpaired) electrons. The first-order valence-electron chi connectivity index (χ1n) is 10.9. The number of aromatic nitrogens is 3. The number of piperidine rings is 1. The van der Waals surface area contributed by atoms with Crippen LogP contribution in [0.15, 0.2) is 42.7 Å². The Morgan fingerprint density at radius 1 is 1.21 bits per heavy atom. The van der Waals surface area contributed by atoms with Crippen LogP contribution in [0, 0.1) is 0 Å². The molecule has 0 saturated carbocycles. The van der Waals surface area contributed by atoms with Crippen molar-refractivity contribution >= 4 is 40.2 Å². The van der Waals surface area contributed by atoms with Crippen molar-refractivity contribution in [3.8, 4) is 0 Å². The largest absolute Gasteiger partial charge is 0.364 e. The number of nitrogens with zero attached hydrogens (tertiary/aromatic N) is 5. The number of carbonyl (C=O) groups excluding carboxylic acids is 2. The summed E-state index contributed by atoms with van der Waals surface area (Å²) in [7, 11) is 3.44. The third-order valence-electron chi connectivity index (χ3n) is 5.86. The van der Waals surface area contributed by atoms with Crippen molar-refractivity contribution in [2.45, 2.75) is 31.8 Å². The molecule has 1 saturated heterocycles. The average Bonchev–Trinajstić information content (AvgIpc) is 2.80. The van der Waals surface area contributed by atoms with E-state index in [2.05, 4.69) is 25.5 Å². The number of nitrogens with two attached hydrogens (primary N) is 1. The Hall–Kier alpha value is -3.95. The lowest BCUT2D eigenvalue weighted by atomic mass is 9.97. The summed E-state index contributed by atoms with van der Waals surface area (Å²) in [5, 5.41) is 7.22. The number of pyridine rings is 1. The quantitative estimate of drug-likeness (QED) is 0.547. The van der Waals surface area contributed by atoms with Crippen molar-refractivity contribution in [2.75, 3.05) is 30.9 Å². The minimum absolute atomic E-state index is 0.00373. The van der Waals surface area contributed by atoms with Crippen molar-refractivity contribution in [1.82, 2.24) is 25.2 Å². The van der Waals surface area contributed by atoms with Gasteiger partial charge in [0.15, 0.2) is 11.5 Å². The van der Waals surface area contributed by atoms with Gasteiger partial charge in [-0.25, -0.2) is 14.8 Å². The standard InChI is InChI=1S/C23H28N8O2/c1-14-17(28-23(33)30(2)3)7-5-11-31(14)19-13-26-20(21(24)32)22(29-19)27-16-8-9-18-15(12-16)6-4-10-25-18/h4,6,8-10,12-14,17H,5,7,11H2,1-3H3,(H2,24,32)(H,27,29)(H,28,33)/t14-,17-/m0/s1. The summed E-state index contributed by atoms with van der Waals surface area (Å²) in [5.41, 5.74) is 7.23. The molecule has 172 valence electrons. The van der Waals surface area contributed by atoms with Crippen molar-refractivity contribution in [3.63, 3.8) is 0 Å². The van der Waals surface area contributed by atoms with Gasteiger partial charge in [0, 0.05) is 44.0 Å². The Morgan fingerprint density at radius 2 is 2.03 bits per heavy atom. The van der Waals surface area contributed by atoms with Gasteiger partial charge in [-0.2, -0.15) is 0 Å². The maximum Gasteiger partial charge on any atom is 0.317 e. The number of hydrogen-bond donors (Lipinski definition) is 3. The fourth-order valence-electron chi connectivity index (χ4n) is 4.02. The Morgan fingerprint density at radius 3 is 2.79 bits per heavy atom. The van der Waals surface area contributed by atoms with E-state index in [1.54, 1.807) is 26.5 Å². The summed E-state index contributed by atoms with van der Waals surface area (Å²) in [5.74, 6) is 0.234. The predicted molar refractivity (Wildman–Crippen MR) is 128 cm³/mol. The molecule has 0 aliphatic carbocycles. The van der Waals surface area contributed by atoms with E-state index in [0.717, 1.165) is 36.0 Å². The molecule has 1 aromatic carbocycles. The zero-order valence-electron chi connectivity index (χ0n) is 18.9. The number of fused-ring (bicyclic) bond motifs is 1. The first-order chi connectivity index (χ1) is 15.8. The molecule has 3 heterocycles. The third kappa shape index (κ3) is 4.79. The molecule has 0 bridgehead atoms. The van der Waals surface area contributed by atoms with Crippen LogP contribution in [-0.2, 0) is 0 Å². The van der Waals surface area contributed by atoms with E-state index in [9.17, 15) is 9.59 Å². The maximum atomic E-state index is 12.2. The second-order valence-electron chi connectivity index (χ2n) is 8.35. The van der Waals surface area contributed by atoms with Gasteiger partial charge in [0.1, 0.15) is 5.82 Å². The van der Waals surface area contributed by atoms with E-state index in [0.29, 0.717) is 5.82 Å². The van der Waals surface area contributed by atoms with Crippen LogP contribution in [0.25, 0.3) is 10.9 Å². The van der Waals surface area contributed by atoms with Crippen molar-refractivity contribution in [3.05, 3.63) is 48.4 Å². The van der Waals surface area contributed by atoms with E-state index >= 15 is 0 Å². The first-order valence-corrected chi connectivity index (χ1v) is 10.9. The molecule has 4 N–H and O–H groups in total. The van der Waals surface area contributed by atoms with Gasteiger partial charge in [0.05, 0.1) is 17.8 Å². The number of nitrogens with one attached hydrogen (secondary N) is 2. The topological polar surface area (TPSA) is 129 Å². The zero-order valence-corrected chi connectivity index (χ0v) is 18.9. The minimum atomic E-state index is -0.665. The number of primary amides is 1. The summed E-state index contributed by atoms with van der Waals surface area (Å²) < 4.78 is 0. The van der Waals surface area contributed by atoms with Gasteiger partial charge < -0.3 is 26.2 Å². The highest BCUT2D eigenvalue weighted by Crippen LogP contribution is 2.27. The highest BCUT2D eigenvalue weighted by molar-refractivity contribution is 5.96. The predicted octanol–water partition coefficient (Wildman–Crippen LogP) is 2.50. The summed E-state index contributed by atoms with van der Waals surface area (Å²) >= 11 is 0. The molecule has 0 spiro atoms. The van der Waals surface area contributed by atoms with Gasteiger partial charge in [0.2, 0.25) is 0 Å². The molecule has 10 heteroatoms. The van der Waals surface area contributed by atoms with Crippen LogP contribution in [-0.4, -0.2) is 64.5 Å². The van der Waals surface area contributed by atoms with E-state index < -0.39 is 5.91 Å². The molecule has 2 atom stereocenters. The first kappa shape index (κ1) is 22.3. The van der Waals surface area contributed by atoms with Crippen molar-refractivity contribution in [1.29, 1.82) is 0 Å². The minimum Gasteiger partial charge on any atom is -0.364 e. The van der Waals surface area contributed by atoms with Crippen LogP contribution in [0.3, 0.4) is 0 Å². The number of carbonyl (C=O) groups is 2. The van der Waals surface area contributed by atoms with Gasteiger partial charge in [-0.05, 0) is 44.0 Å². The second-order valence-corrected chi connectivity index (χ2v) is 8.35. The monoisotopic (exact) mass is 448 g/mol. The Kier molecular flexibility index (Phi) is 6.25. The lowest BCUT2D eigenvalue weighted by Crippen LogP contribution is -2.56. The van der Waals surface area contributed by atoms with Crippen molar-refractivity contribution < 1.29 is 9.59 Å². The third-order valence-corrected chi connectivity index (χ3v) is 5.86. The molecular formula is C23H28N8O2. The molecule has 1 aliphatic rings. The molecule has 1 aliphatic heterocycles. The summed E-state index contributed by atoms with van der Waals surface area (Å²) in [6.45, 7) is 2.81. The van der Waals surface area contributed by atoms with Crippen LogP contribution in [0.2, 0.25) is 0 Å². The van der Waals surface area contributed by atoms with E-state index in [1.165, 1.54) is 4.90 Å². The summed E-state index contributed by atoms with van der Waals surface area (Å²) in [6.07, 6.45) is 5.06. The molecular weight excluding hydrogens is 420 g/mol. The van der Waals surface area contributed by atoms with Crippen LogP contribution in [0.4, 0.5) is 22.1 Å². The smallest absolute Gasteiger partial charge is 0.317 e. The number of amides is 3. The van der Waals surface area contributed by atoms with Gasteiger partial charge in [-0.1, -0.05) is 6.07 Å². The van der Waals surface area contributed by atoms with E-state index in [1.807, 2.05) is 37.3 Å². The van der Waals surface area contributed by atoms with Gasteiger partial charge >= 0.3 is 6.03 Å². The van der Waals surface area contributed by atoms with Gasteiger partial charge in [-0.15, -0.1) is 0 Å². The zero-order chi connectivity index (χ0) is 23.5. The number of anilines is 3. The van der Waals surface area contributed by atoms with Crippen LogP contribution < -0.4 is 21.3 Å². The van der Waals surface area contributed by atoms with Crippen LogP contribution >= 0.6 is 0 Å². The lowest BCUT2D eigenvalue weighted by molar-refractivity contribution is 0.0996. The second kappa shape index (κ2) is 9.27. The molecule has 1 fully saturated rings. The summed E-state index contributed by atoms with van der Waals surface area (Å²) in [4.78, 5) is 41.2. The fourth-order valence-corrected chi connectivity index (χ4v) is 4.02. The highest BCUT2D eigenvalue weighted by atomic mass is 16.2. The molecule has 33 heavy (non-hydrogen) atoms. The van der Waals surface area contributed by atoms with Gasteiger partial charge in [0.25, 0.3) is 5.91 Å². The SMILES string of the molecule is C[C@H]1[C@@H](NC(=O)N(C)C)CCCN1c1cnc(C(N)=O)c(Nc2ccc3ncccc3c2)n1. The average molecular weight is 449 g/mol. The molecule has 2 aromatic heterocycles. The molecule has 0 unspecified atom stereocenters. The summed E-state index contributed by atoms with van der Waals surface area (Å²) in [6, 6.07) is 9.35. The highest BCUT2D eigenvalue weighted by Gasteiger charge is 2.31. The van der Waals surface area contributed by atoms with Crippen molar-refractivity contribution in [2.24, 2.45) is 5.73 Å². The maximum absolute atomic E-state index is 12.2. The molecule has 3 aromatic rings. The normalized spacial score (nSPS) is 18.1. The Balaban J connectivity index is 1.62. The number of urea groups is 1. The Labute approximate surface area is 192 Å². The number of benzene rings is 1. The van der Waals surface area contributed by atoms with E-state index in [4.69, 9.17) is 10.7 Å². The molecule has 4 rings (SSSR count). The number of rotatable bonds is 5. The lowest BCUT2D eigenvalue weighted by Gasteiger charge is -2.40. The molecule has 10 nitrogen and oxygen atoms in total.